The molecule has 0 saturated heterocycles. The average molecular weight is 413 g/mol. The Hall–Kier alpha value is -2.79. The molecule has 0 saturated carbocycles. The fourth-order valence-electron chi connectivity index (χ4n) is 2.46. The number of benzene rings is 3. The summed E-state index contributed by atoms with van der Waals surface area (Å²) in [6, 6.07) is 22.6. The molecule has 132 valence electrons. The highest BCUT2D eigenvalue weighted by molar-refractivity contribution is 9.10. The van der Waals surface area contributed by atoms with E-state index in [1.54, 1.807) is 12.1 Å². The lowest BCUT2D eigenvalue weighted by Gasteiger charge is -2.16. The van der Waals surface area contributed by atoms with Crippen molar-refractivity contribution in [3.05, 3.63) is 94.0 Å². The van der Waals surface area contributed by atoms with Gasteiger partial charge in [0.2, 0.25) is 0 Å². The van der Waals surface area contributed by atoms with Crippen molar-refractivity contribution >= 4 is 21.9 Å². The van der Waals surface area contributed by atoms with Crippen molar-refractivity contribution in [2.75, 3.05) is 0 Å². The monoisotopic (exact) mass is 412 g/mol. The molecule has 0 heterocycles. The Morgan fingerprint density at radius 3 is 1.88 bits per heavy atom. The lowest BCUT2D eigenvalue weighted by atomic mass is 10.1. The van der Waals surface area contributed by atoms with Crippen LogP contribution in [0.5, 0.6) is 11.5 Å². The molecule has 1 N–H and O–H groups in total. The standard InChI is InChI=1S/C21H17BrO4/c22-17-11-12-18(25-13-15-7-3-1-4-8-15)20(19(17)21(23)24)26-14-16-9-5-2-6-10-16/h1-12H,13-14H2,(H,23,24). The average Bonchev–Trinajstić information content (AvgIpc) is 2.66. The number of rotatable bonds is 7. The first-order chi connectivity index (χ1) is 12.6. The van der Waals surface area contributed by atoms with Gasteiger partial charge in [-0.25, -0.2) is 4.79 Å². The van der Waals surface area contributed by atoms with Gasteiger partial charge in [-0.2, -0.15) is 0 Å². The van der Waals surface area contributed by atoms with Gasteiger partial charge in [0, 0.05) is 4.47 Å². The Balaban J connectivity index is 1.87. The molecule has 26 heavy (non-hydrogen) atoms. The van der Waals surface area contributed by atoms with Gasteiger partial charge in [-0.3, -0.25) is 0 Å². The second kappa shape index (κ2) is 8.54. The maximum atomic E-state index is 11.7. The van der Waals surface area contributed by atoms with Crippen molar-refractivity contribution in [2.24, 2.45) is 0 Å². The fourth-order valence-corrected chi connectivity index (χ4v) is 2.94. The molecular formula is C21H17BrO4. The van der Waals surface area contributed by atoms with Gasteiger partial charge >= 0.3 is 5.97 Å². The molecular weight excluding hydrogens is 396 g/mol. The zero-order valence-electron chi connectivity index (χ0n) is 13.9. The first kappa shape index (κ1) is 18.0. The van der Waals surface area contributed by atoms with Crippen LogP contribution in [0.2, 0.25) is 0 Å². The van der Waals surface area contributed by atoms with Crippen LogP contribution in [0.1, 0.15) is 21.5 Å². The molecule has 0 fully saturated rings. The minimum absolute atomic E-state index is 0.0477. The summed E-state index contributed by atoms with van der Waals surface area (Å²) < 4.78 is 12.1. The van der Waals surface area contributed by atoms with Crippen LogP contribution in [-0.4, -0.2) is 11.1 Å². The third-order valence-electron chi connectivity index (χ3n) is 3.75. The SMILES string of the molecule is O=C(O)c1c(Br)ccc(OCc2ccccc2)c1OCc1ccccc1. The van der Waals surface area contributed by atoms with Crippen molar-refractivity contribution in [1.82, 2.24) is 0 Å². The first-order valence-electron chi connectivity index (χ1n) is 8.04. The molecule has 0 unspecified atom stereocenters. The van der Waals surface area contributed by atoms with E-state index in [2.05, 4.69) is 15.9 Å². The lowest BCUT2D eigenvalue weighted by Crippen LogP contribution is -2.07. The summed E-state index contributed by atoms with van der Waals surface area (Å²) in [5.41, 5.74) is 1.98. The van der Waals surface area contributed by atoms with Gasteiger partial charge in [-0.1, -0.05) is 60.7 Å². The Bertz CT molecular complexity index is 879. The molecule has 3 rings (SSSR count). The molecule has 0 aliphatic rings. The van der Waals surface area contributed by atoms with E-state index in [-0.39, 0.29) is 17.9 Å². The highest BCUT2D eigenvalue weighted by Crippen LogP contribution is 2.37. The van der Waals surface area contributed by atoms with Gasteiger partial charge < -0.3 is 14.6 Å². The van der Waals surface area contributed by atoms with Crippen molar-refractivity contribution in [1.29, 1.82) is 0 Å². The molecule has 0 atom stereocenters. The van der Waals surface area contributed by atoms with Crippen LogP contribution < -0.4 is 9.47 Å². The van der Waals surface area contributed by atoms with Crippen molar-refractivity contribution < 1.29 is 19.4 Å². The molecule has 0 aromatic heterocycles. The van der Waals surface area contributed by atoms with E-state index in [9.17, 15) is 9.90 Å². The molecule has 0 aliphatic heterocycles. The molecule has 4 nitrogen and oxygen atoms in total. The van der Waals surface area contributed by atoms with Crippen LogP contribution in [0.4, 0.5) is 0 Å². The zero-order chi connectivity index (χ0) is 18.4. The van der Waals surface area contributed by atoms with Gasteiger partial charge in [0.05, 0.1) is 0 Å². The normalized spacial score (nSPS) is 10.3. The van der Waals surface area contributed by atoms with Crippen molar-refractivity contribution in [3.63, 3.8) is 0 Å². The summed E-state index contributed by atoms with van der Waals surface area (Å²) in [4.78, 5) is 11.7. The molecule has 0 spiro atoms. The minimum atomic E-state index is -1.08. The number of carboxylic acid groups (broad SMARTS) is 1. The molecule has 3 aromatic carbocycles. The number of aromatic carboxylic acids is 1. The smallest absolute Gasteiger partial charge is 0.340 e. The van der Waals surface area contributed by atoms with E-state index in [0.29, 0.717) is 16.8 Å². The predicted molar refractivity (Wildman–Crippen MR) is 103 cm³/mol. The topological polar surface area (TPSA) is 55.8 Å². The quantitative estimate of drug-likeness (QED) is 0.571. The number of hydrogen-bond donors (Lipinski definition) is 1. The summed E-state index contributed by atoms with van der Waals surface area (Å²) in [5, 5.41) is 9.59. The van der Waals surface area contributed by atoms with Crippen molar-refractivity contribution in [2.45, 2.75) is 13.2 Å². The van der Waals surface area contributed by atoms with E-state index in [1.165, 1.54) is 0 Å². The second-order valence-corrected chi connectivity index (χ2v) is 6.46. The zero-order valence-corrected chi connectivity index (χ0v) is 15.5. The largest absolute Gasteiger partial charge is 0.485 e. The van der Waals surface area contributed by atoms with E-state index in [0.717, 1.165) is 11.1 Å². The van der Waals surface area contributed by atoms with Gasteiger partial charge in [0.1, 0.15) is 18.8 Å². The minimum Gasteiger partial charge on any atom is -0.485 e. The number of carboxylic acids is 1. The molecule has 5 heteroatoms. The van der Waals surface area contributed by atoms with Crippen LogP contribution in [0.3, 0.4) is 0 Å². The van der Waals surface area contributed by atoms with Crippen LogP contribution in [-0.2, 0) is 13.2 Å². The van der Waals surface area contributed by atoms with Gasteiger partial charge in [0.15, 0.2) is 11.5 Å². The summed E-state index contributed by atoms with van der Waals surface area (Å²) in [5.74, 6) is -0.470. The van der Waals surface area contributed by atoms with Crippen LogP contribution in [0.15, 0.2) is 77.3 Å². The predicted octanol–water partition coefficient (Wildman–Crippen LogP) is 5.31. The lowest BCUT2D eigenvalue weighted by molar-refractivity contribution is 0.0689. The van der Waals surface area contributed by atoms with Gasteiger partial charge in [-0.15, -0.1) is 0 Å². The maximum absolute atomic E-state index is 11.7. The third kappa shape index (κ3) is 4.43. The molecule has 0 bridgehead atoms. The molecule has 0 aliphatic carbocycles. The van der Waals surface area contributed by atoms with E-state index >= 15 is 0 Å². The van der Waals surface area contributed by atoms with E-state index < -0.39 is 5.97 Å². The fraction of sp³-hybridized carbons (Fsp3) is 0.0952. The molecule has 0 radical (unpaired) electrons. The van der Waals surface area contributed by atoms with E-state index in [4.69, 9.17) is 9.47 Å². The van der Waals surface area contributed by atoms with Crippen LogP contribution >= 0.6 is 15.9 Å². The highest BCUT2D eigenvalue weighted by atomic mass is 79.9. The molecule has 0 amide bonds. The van der Waals surface area contributed by atoms with Crippen molar-refractivity contribution in [3.8, 4) is 11.5 Å². The molecule has 3 aromatic rings. The van der Waals surface area contributed by atoms with E-state index in [1.807, 2.05) is 60.7 Å². The summed E-state index contributed by atoms with van der Waals surface area (Å²) in [7, 11) is 0. The number of carbonyl (C=O) groups is 1. The van der Waals surface area contributed by atoms with Gasteiger partial charge in [0.25, 0.3) is 0 Å². The number of hydrogen-bond acceptors (Lipinski definition) is 3. The number of ether oxygens (including phenoxy) is 2. The van der Waals surface area contributed by atoms with Crippen LogP contribution in [0, 0.1) is 0 Å². The third-order valence-corrected chi connectivity index (χ3v) is 4.41. The summed E-state index contributed by atoms with van der Waals surface area (Å²) in [6.45, 7) is 0.572. The Labute approximate surface area is 160 Å². The number of halogens is 1. The first-order valence-corrected chi connectivity index (χ1v) is 8.83. The maximum Gasteiger partial charge on any atom is 0.340 e. The van der Waals surface area contributed by atoms with Crippen LogP contribution in [0.25, 0.3) is 0 Å². The summed E-state index contributed by atoms with van der Waals surface area (Å²) >= 11 is 3.29. The second-order valence-electron chi connectivity index (χ2n) is 5.60. The Morgan fingerprint density at radius 1 is 0.808 bits per heavy atom. The highest BCUT2D eigenvalue weighted by Gasteiger charge is 2.21. The Kier molecular flexibility index (Phi) is 5.92. The Morgan fingerprint density at radius 2 is 1.35 bits per heavy atom. The summed E-state index contributed by atoms with van der Waals surface area (Å²) in [6.07, 6.45) is 0. The van der Waals surface area contributed by atoms with Gasteiger partial charge in [-0.05, 0) is 39.2 Å².